The fourth-order valence-electron chi connectivity index (χ4n) is 1.64. The van der Waals surface area contributed by atoms with Crippen molar-refractivity contribution in [1.29, 1.82) is 0 Å². The Labute approximate surface area is 93.9 Å². The van der Waals surface area contributed by atoms with Crippen LogP contribution in [0.2, 0.25) is 0 Å². The van der Waals surface area contributed by atoms with Gasteiger partial charge in [-0.15, -0.1) is 0 Å². The van der Waals surface area contributed by atoms with Crippen molar-refractivity contribution in [3.05, 3.63) is 0 Å². The van der Waals surface area contributed by atoms with Crippen LogP contribution in [0.25, 0.3) is 0 Å². The molecular weight excluding hydrogens is 190 g/mol. The lowest BCUT2D eigenvalue weighted by Crippen LogP contribution is -2.42. The molecule has 0 aromatic carbocycles. The Morgan fingerprint density at radius 1 is 1.20 bits per heavy atom. The summed E-state index contributed by atoms with van der Waals surface area (Å²) < 4.78 is 0. The molecule has 0 aliphatic heterocycles. The van der Waals surface area contributed by atoms with Gasteiger partial charge in [0.2, 0.25) is 0 Å². The fourth-order valence-corrected chi connectivity index (χ4v) is 1.64. The summed E-state index contributed by atoms with van der Waals surface area (Å²) in [7, 11) is 0. The van der Waals surface area contributed by atoms with Crippen molar-refractivity contribution in [1.82, 2.24) is 5.32 Å². The number of rotatable bonds is 7. The molecule has 0 saturated carbocycles. The monoisotopic (exact) mass is 217 g/mol. The summed E-state index contributed by atoms with van der Waals surface area (Å²) >= 11 is 0. The van der Waals surface area contributed by atoms with Gasteiger partial charge in [0.05, 0.1) is 11.7 Å². The molecule has 0 rings (SSSR count). The van der Waals surface area contributed by atoms with Gasteiger partial charge in [-0.1, -0.05) is 34.6 Å². The van der Waals surface area contributed by atoms with Gasteiger partial charge in [-0.2, -0.15) is 0 Å². The molecule has 0 saturated heterocycles. The second-order valence-electron chi connectivity index (χ2n) is 5.03. The molecule has 15 heavy (non-hydrogen) atoms. The highest BCUT2D eigenvalue weighted by molar-refractivity contribution is 4.84. The van der Waals surface area contributed by atoms with Crippen molar-refractivity contribution in [3.8, 4) is 0 Å². The van der Waals surface area contributed by atoms with E-state index in [0.29, 0.717) is 25.4 Å². The summed E-state index contributed by atoms with van der Waals surface area (Å²) in [6.07, 6.45) is 0.657. The van der Waals surface area contributed by atoms with E-state index in [9.17, 15) is 10.2 Å². The number of aliphatic hydroxyl groups excluding tert-OH is 1. The van der Waals surface area contributed by atoms with E-state index in [2.05, 4.69) is 5.32 Å². The van der Waals surface area contributed by atoms with Crippen molar-refractivity contribution in [2.75, 3.05) is 6.54 Å². The van der Waals surface area contributed by atoms with E-state index in [1.165, 1.54) is 0 Å². The molecule has 0 aliphatic rings. The molecule has 0 fully saturated rings. The third-order valence-electron chi connectivity index (χ3n) is 3.04. The topological polar surface area (TPSA) is 52.5 Å². The minimum Gasteiger partial charge on any atom is -0.392 e. The molecule has 0 radical (unpaired) electrons. The molecule has 3 heteroatoms. The quantitative estimate of drug-likeness (QED) is 0.606. The van der Waals surface area contributed by atoms with E-state index in [0.717, 1.165) is 0 Å². The van der Waals surface area contributed by atoms with E-state index in [4.69, 9.17) is 0 Å². The lowest BCUT2D eigenvalue weighted by Gasteiger charge is -2.33. The summed E-state index contributed by atoms with van der Waals surface area (Å²) in [5.41, 5.74) is -0.738. The van der Waals surface area contributed by atoms with Gasteiger partial charge in [0.25, 0.3) is 0 Å². The van der Waals surface area contributed by atoms with Crippen LogP contribution in [-0.2, 0) is 0 Å². The Morgan fingerprint density at radius 3 is 2.07 bits per heavy atom. The first-order valence-corrected chi connectivity index (χ1v) is 5.95. The first kappa shape index (κ1) is 14.9. The molecule has 0 unspecified atom stereocenters. The van der Waals surface area contributed by atoms with Gasteiger partial charge in [-0.3, -0.25) is 0 Å². The minimum atomic E-state index is -0.738. The third kappa shape index (κ3) is 5.50. The fraction of sp³-hybridized carbons (Fsp3) is 1.00. The predicted molar refractivity (Wildman–Crippen MR) is 63.8 cm³/mol. The van der Waals surface area contributed by atoms with Gasteiger partial charge in [0, 0.05) is 19.0 Å². The summed E-state index contributed by atoms with van der Waals surface area (Å²) in [5.74, 6) is 0.177. The van der Waals surface area contributed by atoms with Crippen molar-refractivity contribution >= 4 is 0 Å². The lowest BCUT2D eigenvalue weighted by atomic mass is 9.83. The zero-order valence-corrected chi connectivity index (χ0v) is 10.7. The summed E-state index contributed by atoms with van der Waals surface area (Å²) in [5, 5.41) is 23.2. The molecule has 0 aromatic heterocycles. The van der Waals surface area contributed by atoms with Crippen LogP contribution in [0.4, 0.5) is 0 Å². The molecule has 0 amide bonds. The van der Waals surface area contributed by atoms with Crippen LogP contribution < -0.4 is 5.32 Å². The highest BCUT2D eigenvalue weighted by atomic mass is 16.3. The Morgan fingerprint density at radius 2 is 1.73 bits per heavy atom. The smallest absolute Gasteiger partial charge is 0.0693 e. The lowest BCUT2D eigenvalue weighted by molar-refractivity contribution is -0.0484. The van der Waals surface area contributed by atoms with E-state index in [1.54, 1.807) is 0 Å². The first-order valence-electron chi connectivity index (χ1n) is 5.95. The number of hydrogen-bond donors (Lipinski definition) is 3. The Bertz CT molecular complexity index is 171. The summed E-state index contributed by atoms with van der Waals surface area (Å²) in [4.78, 5) is 0. The molecule has 0 spiro atoms. The maximum absolute atomic E-state index is 10.2. The van der Waals surface area contributed by atoms with Crippen LogP contribution in [0.3, 0.4) is 0 Å². The van der Waals surface area contributed by atoms with Crippen molar-refractivity contribution < 1.29 is 10.2 Å². The van der Waals surface area contributed by atoms with E-state index < -0.39 is 11.7 Å². The average molecular weight is 217 g/mol. The van der Waals surface area contributed by atoms with Gasteiger partial charge in [-0.05, 0) is 12.3 Å². The molecular formula is C12H27NO2. The van der Waals surface area contributed by atoms with Crippen molar-refractivity contribution in [2.24, 2.45) is 5.92 Å². The largest absolute Gasteiger partial charge is 0.392 e. The van der Waals surface area contributed by atoms with Gasteiger partial charge < -0.3 is 15.5 Å². The highest BCUT2D eigenvalue weighted by Crippen LogP contribution is 2.26. The Balaban J connectivity index is 4.07. The maximum atomic E-state index is 10.2. The van der Waals surface area contributed by atoms with Gasteiger partial charge in [-0.25, -0.2) is 0 Å². The van der Waals surface area contributed by atoms with Gasteiger partial charge in [0.15, 0.2) is 0 Å². The second kappa shape index (κ2) is 6.46. The molecule has 92 valence electrons. The van der Waals surface area contributed by atoms with E-state index in [-0.39, 0.29) is 5.92 Å². The van der Waals surface area contributed by atoms with Crippen LogP contribution in [-0.4, -0.2) is 34.5 Å². The molecule has 0 bridgehead atoms. The summed E-state index contributed by atoms with van der Waals surface area (Å²) in [6, 6.07) is 0.369. The van der Waals surface area contributed by atoms with Crippen molar-refractivity contribution in [3.63, 3.8) is 0 Å². The molecule has 0 heterocycles. The Kier molecular flexibility index (Phi) is 6.41. The van der Waals surface area contributed by atoms with Crippen molar-refractivity contribution in [2.45, 2.75) is 65.2 Å². The molecule has 2 atom stereocenters. The van der Waals surface area contributed by atoms with Gasteiger partial charge in [0.1, 0.15) is 0 Å². The number of hydrogen-bond acceptors (Lipinski definition) is 3. The van der Waals surface area contributed by atoms with Crippen LogP contribution in [0.1, 0.15) is 47.5 Å². The molecule has 0 aliphatic carbocycles. The first-order chi connectivity index (χ1) is 6.81. The normalized spacial score (nSPS) is 18.2. The second-order valence-corrected chi connectivity index (χ2v) is 5.03. The van der Waals surface area contributed by atoms with E-state index in [1.807, 2.05) is 34.6 Å². The van der Waals surface area contributed by atoms with Crippen LogP contribution in [0, 0.1) is 5.92 Å². The standard InChI is InChI=1S/C12H27NO2/c1-6-12(15,9(2)3)7-11(14)8-13-10(4)5/h9-11,13-15H,6-8H2,1-5H3/t11-,12+/m0/s1. The molecule has 3 N–H and O–H groups in total. The van der Waals surface area contributed by atoms with E-state index >= 15 is 0 Å². The van der Waals surface area contributed by atoms with Crippen LogP contribution in [0.15, 0.2) is 0 Å². The SMILES string of the molecule is CC[C@@](O)(C[C@H](O)CNC(C)C)C(C)C. The zero-order valence-electron chi connectivity index (χ0n) is 10.7. The number of aliphatic hydroxyl groups is 2. The van der Waals surface area contributed by atoms with Gasteiger partial charge >= 0.3 is 0 Å². The zero-order chi connectivity index (χ0) is 12.1. The summed E-state index contributed by atoms with van der Waals surface area (Å²) in [6.45, 7) is 10.6. The average Bonchev–Trinajstić information content (AvgIpc) is 2.14. The Hall–Kier alpha value is -0.120. The predicted octanol–water partition coefficient (Wildman–Crippen LogP) is 1.53. The van der Waals surface area contributed by atoms with Crippen LogP contribution >= 0.6 is 0 Å². The highest BCUT2D eigenvalue weighted by Gasteiger charge is 2.31. The molecule has 0 aromatic rings. The van der Waals surface area contributed by atoms with Crippen LogP contribution in [0.5, 0.6) is 0 Å². The third-order valence-corrected chi connectivity index (χ3v) is 3.04. The minimum absolute atomic E-state index is 0.177. The number of nitrogens with one attached hydrogen (secondary N) is 1. The molecule has 3 nitrogen and oxygen atoms in total. The maximum Gasteiger partial charge on any atom is 0.0693 e.